The molecule has 0 aliphatic heterocycles. The van der Waals surface area contributed by atoms with Crippen molar-refractivity contribution < 1.29 is 14.3 Å². The van der Waals surface area contributed by atoms with Gasteiger partial charge in [0.15, 0.2) is 0 Å². The summed E-state index contributed by atoms with van der Waals surface area (Å²) in [7, 11) is 0. The molecule has 1 aromatic carbocycles. The second-order valence-corrected chi connectivity index (χ2v) is 11.2. The van der Waals surface area contributed by atoms with E-state index in [4.69, 9.17) is 26.2 Å². The van der Waals surface area contributed by atoms with Crippen LogP contribution in [0.15, 0.2) is 59.7 Å². The van der Waals surface area contributed by atoms with Gasteiger partial charge in [0.25, 0.3) is 5.56 Å². The summed E-state index contributed by atoms with van der Waals surface area (Å²) in [5.74, 6) is -0.389. The zero-order valence-corrected chi connectivity index (χ0v) is 22.5. The van der Waals surface area contributed by atoms with E-state index < -0.39 is 5.60 Å². The van der Waals surface area contributed by atoms with E-state index in [-0.39, 0.29) is 23.6 Å². The second kappa shape index (κ2) is 11.6. The van der Waals surface area contributed by atoms with Gasteiger partial charge in [0.2, 0.25) is 0 Å². The molecule has 0 N–H and O–H groups in total. The Hall–Kier alpha value is -3.03. The van der Waals surface area contributed by atoms with Crippen LogP contribution in [0.1, 0.15) is 52.9 Å². The molecule has 3 aromatic rings. The second-order valence-electron chi connectivity index (χ2n) is 10.8. The highest BCUT2D eigenvalue weighted by atomic mass is 35.5. The molecule has 0 unspecified atom stereocenters. The van der Waals surface area contributed by atoms with Gasteiger partial charge in [-0.15, -0.1) is 0 Å². The van der Waals surface area contributed by atoms with Gasteiger partial charge in [-0.05, 0) is 39.7 Å². The Balaban J connectivity index is 1.65. The predicted octanol–water partition coefficient (Wildman–Crippen LogP) is 5.93. The Morgan fingerprint density at radius 3 is 2.46 bits per heavy atom. The van der Waals surface area contributed by atoms with E-state index in [9.17, 15) is 9.59 Å². The summed E-state index contributed by atoms with van der Waals surface area (Å²) in [6, 6.07) is 13.2. The van der Waals surface area contributed by atoms with Gasteiger partial charge in [0.1, 0.15) is 12.2 Å². The van der Waals surface area contributed by atoms with Crippen LogP contribution in [0.2, 0.25) is 5.02 Å². The van der Waals surface area contributed by atoms with Gasteiger partial charge in [-0.25, -0.2) is 9.48 Å². The number of nitrogens with zero attached hydrogens (tertiary/aromatic N) is 3. The Morgan fingerprint density at radius 1 is 1.05 bits per heavy atom. The lowest BCUT2D eigenvalue weighted by Gasteiger charge is -2.37. The molecule has 7 nitrogen and oxygen atoms in total. The van der Waals surface area contributed by atoms with Crippen molar-refractivity contribution in [2.24, 2.45) is 5.41 Å². The molecule has 8 heteroatoms. The molecule has 196 valence electrons. The number of benzene rings is 1. The topological polar surface area (TPSA) is 83.3 Å². The van der Waals surface area contributed by atoms with Gasteiger partial charge in [0.05, 0.1) is 23.9 Å². The number of hydrogen-bond acceptors (Lipinski definition) is 6. The van der Waals surface area contributed by atoms with Crippen molar-refractivity contribution in [2.45, 2.75) is 65.0 Å². The third-order valence-corrected chi connectivity index (χ3v) is 6.72. The minimum Gasteiger partial charge on any atom is -0.458 e. The van der Waals surface area contributed by atoms with Crippen LogP contribution in [-0.2, 0) is 20.8 Å². The fourth-order valence-corrected chi connectivity index (χ4v) is 5.06. The third-order valence-electron chi connectivity index (χ3n) is 6.51. The fraction of sp³-hybridized carbons (Fsp3) is 0.448. The van der Waals surface area contributed by atoms with Crippen molar-refractivity contribution in [1.29, 1.82) is 0 Å². The van der Waals surface area contributed by atoms with Crippen LogP contribution >= 0.6 is 11.6 Å². The van der Waals surface area contributed by atoms with Crippen molar-refractivity contribution in [3.05, 3.63) is 70.2 Å². The monoisotopic (exact) mass is 523 g/mol. The largest absolute Gasteiger partial charge is 0.458 e. The maximum Gasteiger partial charge on any atom is 0.332 e. The summed E-state index contributed by atoms with van der Waals surface area (Å²) in [6.45, 7) is 6.16. The standard InChI is InChI=1S/C29H34ClN3O4/c1-28(2,3)37-26(35)18-36-20-29(12-8-5-9-13-29)19-33-25(34)15-24(22-14-23(30)17-31-16-22)27(32-33)21-10-6-4-7-11-21/h4,6-7,10-11,14-17H,5,8-9,12-13,18-20H2,1-3H3. The summed E-state index contributed by atoms with van der Waals surface area (Å²) < 4.78 is 12.8. The van der Waals surface area contributed by atoms with E-state index in [0.29, 0.717) is 29.4 Å². The van der Waals surface area contributed by atoms with E-state index in [2.05, 4.69) is 4.98 Å². The lowest BCUT2D eigenvalue weighted by Crippen LogP contribution is -2.39. The minimum absolute atomic E-state index is 0.114. The first-order valence-corrected chi connectivity index (χ1v) is 13.1. The molecule has 37 heavy (non-hydrogen) atoms. The first-order chi connectivity index (χ1) is 17.6. The predicted molar refractivity (Wildman–Crippen MR) is 144 cm³/mol. The van der Waals surface area contributed by atoms with Crippen LogP contribution in [0.25, 0.3) is 22.4 Å². The van der Waals surface area contributed by atoms with E-state index in [0.717, 1.165) is 43.2 Å². The molecule has 0 amide bonds. The van der Waals surface area contributed by atoms with Gasteiger partial charge in [-0.3, -0.25) is 9.78 Å². The van der Waals surface area contributed by atoms with Crippen molar-refractivity contribution in [2.75, 3.05) is 13.2 Å². The molecule has 4 rings (SSSR count). The molecule has 0 radical (unpaired) electrons. The third kappa shape index (κ3) is 7.27. The van der Waals surface area contributed by atoms with E-state index >= 15 is 0 Å². The summed E-state index contributed by atoms with van der Waals surface area (Å²) in [5, 5.41) is 5.36. The number of ether oxygens (including phenoxy) is 2. The number of carbonyl (C=O) groups is 1. The van der Waals surface area contributed by atoms with Gasteiger partial charge in [-0.1, -0.05) is 61.2 Å². The van der Waals surface area contributed by atoms with Gasteiger partial charge < -0.3 is 9.47 Å². The zero-order chi connectivity index (χ0) is 26.5. The summed E-state index contributed by atoms with van der Waals surface area (Å²) in [6.07, 6.45) is 8.28. The van der Waals surface area contributed by atoms with Crippen LogP contribution in [0, 0.1) is 5.41 Å². The van der Waals surface area contributed by atoms with Crippen molar-refractivity contribution >= 4 is 17.6 Å². The maximum absolute atomic E-state index is 13.4. The molecule has 0 bridgehead atoms. The molecule has 2 heterocycles. The molecule has 0 spiro atoms. The molecular weight excluding hydrogens is 490 g/mol. The first kappa shape index (κ1) is 27.0. The maximum atomic E-state index is 13.4. The molecule has 2 aromatic heterocycles. The molecule has 1 aliphatic carbocycles. The lowest BCUT2D eigenvalue weighted by molar-refractivity contribution is -0.161. The number of rotatable bonds is 8. The SMILES string of the molecule is CC(C)(C)OC(=O)COCC1(Cn2nc(-c3ccccc3)c(-c3cncc(Cl)c3)cc2=O)CCCCC1. The van der Waals surface area contributed by atoms with Gasteiger partial charge in [0, 0.05) is 40.6 Å². The minimum atomic E-state index is -0.561. The van der Waals surface area contributed by atoms with E-state index in [1.54, 1.807) is 29.2 Å². The number of esters is 1. The summed E-state index contributed by atoms with van der Waals surface area (Å²) in [4.78, 5) is 29.8. The highest BCUT2D eigenvalue weighted by molar-refractivity contribution is 6.30. The number of pyridine rings is 1. The Morgan fingerprint density at radius 2 is 1.78 bits per heavy atom. The zero-order valence-electron chi connectivity index (χ0n) is 21.7. The van der Waals surface area contributed by atoms with Crippen LogP contribution in [0.4, 0.5) is 0 Å². The Bertz CT molecular complexity index is 1280. The van der Waals surface area contributed by atoms with Gasteiger partial charge in [-0.2, -0.15) is 5.10 Å². The molecular formula is C29H34ClN3O4. The van der Waals surface area contributed by atoms with Crippen molar-refractivity contribution in [3.8, 4) is 22.4 Å². The Kier molecular flexibility index (Phi) is 8.45. The van der Waals surface area contributed by atoms with E-state index in [1.807, 2.05) is 51.1 Å². The van der Waals surface area contributed by atoms with Crippen LogP contribution < -0.4 is 5.56 Å². The molecule has 1 aliphatic rings. The van der Waals surface area contributed by atoms with Gasteiger partial charge >= 0.3 is 5.97 Å². The first-order valence-electron chi connectivity index (χ1n) is 12.7. The molecule has 0 saturated heterocycles. The van der Waals surface area contributed by atoms with Crippen LogP contribution in [-0.4, -0.2) is 39.5 Å². The Labute approximate surface area is 222 Å². The van der Waals surface area contributed by atoms with Crippen LogP contribution in [0.5, 0.6) is 0 Å². The fourth-order valence-electron chi connectivity index (χ4n) is 4.88. The average Bonchev–Trinajstić information content (AvgIpc) is 2.85. The molecule has 1 fully saturated rings. The average molecular weight is 524 g/mol. The molecule has 1 saturated carbocycles. The number of hydrogen-bond donors (Lipinski definition) is 0. The number of halogens is 1. The number of aromatic nitrogens is 3. The normalized spacial score (nSPS) is 15.4. The highest BCUT2D eigenvalue weighted by Gasteiger charge is 2.34. The lowest BCUT2D eigenvalue weighted by atomic mass is 9.74. The highest BCUT2D eigenvalue weighted by Crippen LogP contribution is 2.38. The summed E-state index contributed by atoms with van der Waals surface area (Å²) >= 11 is 6.20. The van der Waals surface area contributed by atoms with Crippen molar-refractivity contribution in [3.63, 3.8) is 0 Å². The van der Waals surface area contributed by atoms with E-state index in [1.165, 1.54) is 0 Å². The number of carbonyl (C=O) groups excluding carboxylic acids is 1. The smallest absolute Gasteiger partial charge is 0.332 e. The quantitative estimate of drug-likeness (QED) is 0.340. The molecule has 0 atom stereocenters. The van der Waals surface area contributed by atoms with Crippen LogP contribution in [0.3, 0.4) is 0 Å². The summed E-state index contributed by atoms with van der Waals surface area (Å²) in [5.41, 5.74) is 1.94. The van der Waals surface area contributed by atoms with Crippen molar-refractivity contribution in [1.82, 2.24) is 14.8 Å².